The van der Waals surface area contributed by atoms with Crippen molar-refractivity contribution in [3.63, 3.8) is 0 Å². The van der Waals surface area contributed by atoms with E-state index >= 15 is 0 Å². The van der Waals surface area contributed by atoms with Gasteiger partial charge in [-0.15, -0.1) is 0 Å². The molecule has 31 heavy (non-hydrogen) atoms. The first-order chi connectivity index (χ1) is 14.9. The molecule has 4 rings (SSSR count). The minimum Gasteiger partial charge on any atom is -0.370 e. The fraction of sp³-hybridized carbons (Fsp3) is 0.308. The van der Waals surface area contributed by atoms with Crippen molar-refractivity contribution in [2.24, 2.45) is 5.73 Å². The maximum atomic E-state index is 13.4. The monoisotopic (exact) mass is 414 g/mol. The molecule has 3 aromatic rings. The number of amides is 1. The van der Waals surface area contributed by atoms with Crippen LogP contribution >= 0.6 is 0 Å². The van der Waals surface area contributed by atoms with E-state index in [0.29, 0.717) is 5.56 Å². The molecule has 0 bridgehead atoms. The Morgan fingerprint density at radius 3 is 2.39 bits per heavy atom. The summed E-state index contributed by atoms with van der Waals surface area (Å²) >= 11 is 0. The number of aromatic nitrogens is 1. The second-order valence-electron chi connectivity index (χ2n) is 8.61. The van der Waals surface area contributed by atoms with E-state index < -0.39 is 0 Å². The Labute approximate surface area is 184 Å². The number of rotatable bonds is 4. The van der Waals surface area contributed by atoms with Gasteiger partial charge in [0.1, 0.15) is 0 Å². The van der Waals surface area contributed by atoms with Gasteiger partial charge in [-0.3, -0.25) is 9.78 Å². The van der Waals surface area contributed by atoms with Gasteiger partial charge in [-0.2, -0.15) is 0 Å². The van der Waals surface area contributed by atoms with Crippen molar-refractivity contribution < 1.29 is 4.79 Å². The number of nitrogens with two attached hydrogens (primary N) is 1. The van der Waals surface area contributed by atoms with E-state index in [1.54, 1.807) is 6.20 Å². The molecule has 160 valence electrons. The van der Waals surface area contributed by atoms with E-state index in [1.165, 1.54) is 5.56 Å². The number of nitrogens with zero attached hydrogens (tertiary/aromatic N) is 2. The topological polar surface area (TPSA) is 71.2 Å². The molecule has 1 fully saturated rings. The molecule has 1 aliphatic heterocycles. The molecule has 1 aromatic heterocycles. The normalized spacial score (nSPS) is 14.5. The lowest BCUT2D eigenvalue weighted by atomic mass is 9.97. The SMILES string of the molecule is Cc1cc(C)cc(NC(=O)c2cncc(-c3cccc(C)c3)c2N2CCC(N)CC2)c1. The number of hydrogen-bond acceptors (Lipinski definition) is 4. The van der Waals surface area contributed by atoms with Crippen LogP contribution in [0.25, 0.3) is 11.1 Å². The third kappa shape index (κ3) is 4.78. The molecule has 1 aliphatic rings. The predicted octanol–water partition coefficient (Wildman–Crippen LogP) is 4.85. The smallest absolute Gasteiger partial charge is 0.259 e. The summed E-state index contributed by atoms with van der Waals surface area (Å²) in [5.74, 6) is -0.142. The lowest BCUT2D eigenvalue weighted by Gasteiger charge is -2.34. The Balaban J connectivity index is 1.77. The van der Waals surface area contributed by atoms with Gasteiger partial charge in [0.2, 0.25) is 0 Å². The fourth-order valence-electron chi connectivity index (χ4n) is 4.35. The van der Waals surface area contributed by atoms with E-state index in [9.17, 15) is 4.79 Å². The van der Waals surface area contributed by atoms with Crippen LogP contribution in [-0.2, 0) is 0 Å². The second-order valence-corrected chi connectivity index (χ2v) is 8.61. The molecule has 1 saturated heterocycles. The molecule has 5 heteroatoms. The summed E-state index contributed by atoms with van der Waals surface area (Å²) in [6.07, 6.45) is 5.37. The molecule has 1 amide bonds. The summed E-state index contributed by atoms with van der Waals surface area (Å²) in [5.41, 5.74) is 13.9. The van der Waals surface area contributed by atoms with Crippen LogP contribution < -0.4 is 16.0 Å². The highest BCUT2D eigenvalue weighted by molar-refractivity contribution is 6.10. The average Bonchev–Trinajstić information content (AvgIpc) is 2.73. The fourth-order valence-corrected chi connectivity index (χ4v) is 4.35. The van der Waals surface area contributed by atoms with E-state index in [4.69, 9.17) is 5.73 Å². The first-order valence-electron chi connectivity index (χ1n) is 10.9. The number of aryl methyl sites for hydroxylation is 3. The first-order valence-corrected chi connectivity index (χ1v) is 10.9. The summed E-state index contributed by atoms with van der Waals surface area (Å²) in [5, 5.41) is 3.09. The Kier molecular flexibility index (Phi) is 6.05. The average molecular weight is 415 g/mol. The van der Waals surface area contributed by atoms with Gasteiger partial charge in [0, 0.05) is 42.8 Å². The van der Waals surface area contributed by atoms with Gasteiger partial charge in [-0.25, -0.2) is 0 Å². The van der Waals surface area contributed by atoms with Gasteiger partial charge in [0.15, 0.2) is 0 Å². The molecule has 0 atom stereocenters. The van der Waals surface area contributed by atoms with Crippen LogP contribution in [-0.4, -0.2) is 30.0 Å². The van der Waals surface area contributed by atoms with Crippen molar-refractivity contribution in [2.45, 2.75) is 39.7 Å². The highest BCUT2D eigenvalue weighted by atomic mass is 16.1. The van der Waals surface area contributed by atoms with Crippen LogP contribution in [0.4, 0.5) is 11.4 Å². The lowest BCUT2D eigenvalue weighted by Crippen LogP contribution is -2.40. The lowest BCUT2D eigenvalue weighted by molar-refractivity contribution is 0.102. The van der Waals surface area contributed by atoms with Crippen LogP contribution in [0.15, 0.2) is 54.9 Å². The number of benzene rings is 2. The van der Waals surface area contributed by atoms with Crippen molar-refractivity contribution in [3.8, 4) is 11.1 Å². The molecule has 0 spiro atoms. The first kappa shape index (κ1) is 21.1. The number of nitrogens with one attached hydrogen (secondary N) is 1. The number of piperidine rings is 1. The molecule has 0 saturated carbocycles. The maximum Gasteiger partial charge on any atom is 0.259 e. The van der Waals surface area contributed by atoms with Crippen LogP contribution in [0.3, 0.4) is 0 Å². The molecule has 3 N–H and O–H groups in total. The molecule has 0 radical (unpaired) electrons. The zero-order chi connectivity index (χ0) is 22.0. The van der Waals surface area contributed by atoms with E-state index in [1.807, 2.05) is 38.2 Å². The minimum absolute atomic E-state index is 0.142. The number of carbonyl (C=O) groups is 1. The van der Waals surface area contributed by atoms with Crippen molar-refractivity contribution in [2.75, 3.05) is 23.3 Å². The van der Waals surface area contributed by atoms with E-state index in [2.05, 4.69) is 46.4 Å². The van der Waals surface area contributed by atoms with Gasteiger partial charge in [0.25, 0.3) is 5.91 Å². The summed E-state index contributed by atoms with van der Waals surface area (Å²) in [4.78, 5) is 20.2. The van der Waals surface area contributed by atoms with Crippen molar-refractivity contribution in [1.29, 1.82) is 0 Å². The molecular formula is C26H30N4O. The minimum atomic E-state index is -0.142. The molecule has 0 aliphatic carbocycles. The van der Waals surface area contributed by atoms with Crippen molar-refractivity contribution in [1.82, 2.24) is 4.98 Å². The zero-order valence-corrected chi connectivity index (χ0v) is 18.5. The Morgan fingerprint density at radius 1 is 1.00 bits per heavy atom. The third-order valence-corrected chi connectivity index (χ3v) is 5.83. The molecule has 2 aromatic carbocycles. The number of pyridine rings is 1. The number of carbonyl (C=O) groups excluding carboxylic acids is 1. The predicted molar refractivity (Wildman–Crippen MR) is 128 cm³/mol. The van der Waals surface area contributed by atoms with Crippen LogP contribution in [0.1, 0.15) is 39.9 Å². The highest BCUT2D eigenvalue weighted by Gasteiger charge is 2.25. The maximum absolute atomic E-state index is 13.4. The summed E-state index contributed by atoms with van der Waals surface area (Å²) in [7, 11) is 0. The molecular weight excluding hydrogens is 384 g/mol. The van der Waals surface area contributed by atoms with Gasteiger partial charge in [0.05, 0.1) is 11.3 Å². The van der Waals surface area contributed by atoms with Crippen molar-refractivity contribution in [3.05, 3.63) is 77.1 Å². The molecule has 2 heterocycles. The zero-order valence-electron chi connectivity index (χ0n) is 18.5. The van der Waals surface area contributed by atoms with Gasteiger partial charge in [-0.1, -0.05) is 35.9 Å². The molecule has 0 unspecified atom stereocenters. The molecule has 5 nitrogen and oxygen atoms in total. The summed E-state index contributed by atoms with van der Waals surface area (Å²) in [6.45, 7) is 7.80. The van der Waals surface area contributed by atoms with Crippen LogP contribution in [0, 0.1) is 20.8 Å². The van der Waals surface area contributed by atoms with Crippen LogP contribution in [0.2, 0.25) is 0 Å². The largest absolute Gasteiger partial charge is 0.370 e. The Hall–Kier alpha value is -3.18. The van der Waals surface area contributed by atoms with Crippen LogP contribution in [0.5, 0.6) is 0 Å². The Bertz CT molecular complexity index is 1080. The summed E-state index contributed by atoms with van der Waals surface area (Å²) < 4.78 is 0. The standard InChI is InChI=1S/C26H30N4O/c1-17-5-4-6-20(12-17)23-15-28-16-24(25(23)30-9-7-21(27)8-10-30)26(31)29-22-13-18(2)11-19(3)14-22/h4-6,11-16,21H,7-10,27H2,1-3H3,(H,29,31). The van der Waals surface area contributed by atoms with Crippen molar-refractivity contribution >= 4 is 17.3 Å². The number of hydrogen-bond donors (Lipinski definition) is 2. The van der Waals surface area contributed by atoms with Gasteiger partial charge in [-0.05, 0) is 62.4 Å². The second kappa shape index (κ2) is 8.90. The highest BCUT2D eigenvalue weighted by Crippen LogP contribution is 2.35. The van der Waals surface area contributed by atoms with E-state index in [0.717, 1.165) is 59.6 Å². The Morgan fingerprint density at radius 2 is 1.71 bits per heavy atom. The third-order valence-electron chi connectivity index (χ3n) is 5.83. The van der Waals surface area contributed by atoms with Gasteiger partial charge < -0.3 is 16.0 Å². The number of anilines is 2. The van der Waals surface area contributed by atoms with E-state index in [-0.39, 0.29) is 11.9 Å². The quantitative estimate of drug-likeness (QED) is 0.640. The van der Waals surface area contributed by atoms with Gasteiger partial charge >= 0.3 is 0 Å². The summed E-state index contributed by atoms with van der Waals surface area (Å²) in [6, 6.07) is 14.6.